The van der Waals surface area contributed by atoms with Crippen LogP contribution >= 0.6 is 0 Å². The van der Waals surface area contributed by atoms with Crippen molar-refractivity contribution in [3.8, 4) is 0 Å². The van der Waals surface area contributed by atoms with Crippen molar-refractivity contribution in [2.24, 2.45) is 0 Å². The third-order valence-electron chi connectivity index (χ3n) is 6.05. The number of carbonyl (C=O) groups is 1. The molecule has 0 saturated carbocycles. The molecule has 2 aromatic rings. The molecule has 0 radical (unpaired) electrons. The van der Waals surface area contributed by atoms with Crippen LogP contribution in [0, 0.1) is 6.92 Å². The molecule has 2 saturated heterocycles. The fourth-order valence-electron chi connectivity index (χ4n) is 4.43. The van der Waals surface area contributed by atoms with Crippen molar-refractivity contribution in [3.05, 3.63) is 29.8 Å². The summed E-state index contributed by atoms with van der Waals surface area (Å²) in [5, 5.41) is 4.05. The first-order valence-electron chi connectivity index (χ1n) is 10.3. The van der Waals surface area contributed by atoms with Gasteiger partial charge in [0.2, 0.25) is 5.91 Å². The Morgan fingerprint density at radius 2 is 1.89 bits per heavy atom. The summed E-state index contributed by atoms with van der Waals surface area (Å²) in [6, 6.07) is 8.97. The molecule has 0 aliphatic carbocycles. The van der Waals surface area contributed by atoms with Crippen LogP contribution in [-0.2, 0) is 4.79 Å². The third kappa shape index (κ3) is 3.93. The number of hydrogen-bond donors (Lipinski definition) is 1. The normalized spacial score (nSPS) is 19.0. The first-order chi connectivity index (χ1) is 13.1. The first kappa shape index (κ1) is 18.2. The van der Waals surface area contributed by atoms with Crippen LogP contribution < -0.4 is 10.2 Å². The Bertz CT molecular complexity index is 820. The maximum absolute atomic E-state index is 11.6. The van der Waals surface area contributed by atoms with Crippen LogP contribution in [0.25, 0.3) is 10.9 Å². The van der Waals surface area contributed by atoms with Gasteiger partial charge < -0.3 is 15.1 Å². The lowest BCUT2D eigenvalue weighted by Crippen LogP contribution is -2.44. The zero-order valence-corrected chi connectivity index (χ0v) is 16.5. The molecule has 0 atom stereocenters. The Labute approximate surface area is 161 Å². The largest absolute Gasteiger partial charge is 0.356 e. The number of benzene rings is 1. The predicted octanol–water partition coefficient (Wildman–Crippen LogP) is 3.96. The molecule has 1 amide bonds. The van der Waals surface area contributed by atoms with Gasteiger partial charge in [0.25, 0.3) is 0 Å². The maximum atomic E-state index is 11.6. The Balaban J connectivity index is 1.49. The van der Waals surface area contributed by atoms with E-state index in [2.05, 4.69) is 28.1 Å². The second-order valence-corrected chi connectivity index (χ2v) is 7.89. The minimum Gasteiger partial charge on any atom is -0.356 e. The van der Waals surface area contributed by atoms with Crippen LogP contribution in [0.4, 0.5) is 11.5 Å². The lowest BCUT2D eigenvalue weighted by Gasteiger charge is -2.37. The molecule has 5 nitrogen and oxygen atoms in total. The van der Waals surface area contributed by atoms with E-state index in [-0.39, 0.29) is 5.91 Å². The number of nitrogens with zero attached hydrogens (tertiary/aromatic N) is 3. The zero-order valence-electron chi connectivity index (χ0n) is 16.5. The summed E-state index contributed by atoms with van der Waals surface area (Å²) in [5.41, 5.74) is 3.06. The number of rotatable bonds is 4. The van der Waals surface area contributed by atoms with Crippen LogP contribution in [0.3, 0.4) is 0 Å². The Kier molecular flexibility index (Phi) is 5.30. The Hall–Kier alpha value is -2.14. The van der Waals surface area contributed by atoms with Crippen molar-refractivity contribution < 1.29 is 4.79 Å². The van der Waals surface area contributed by atoms with E-state index in [1.54, 1.807) is 0 Å². The fourth-order valence-corrected chi connectivity index (χ4v) is 4.43. The van der Waals surface area contributed by atoms with Crippen molar-refractivity contribution >= 4 is 28.3 Å². The van der Waals surface area contributed by atoms with E-state index in [0.29, 0.717) is 6.42 Å². The average Bonchev–Trinajstić information content (AvgIpc) is 3.23. The first-order valence-corrected chi connectivity index (χ1v) is 10.3. The van der Waals surface area contributed by atoms with Gasteiger partial charge in [0.1, 0.15) is 5.82 Å². The summed E-state index contributed by atoms with van der Waals surface area (Å²) in [6.07, 6.45) is 5.70. The van der Waals surface area contributed by atoms with Gasteiger partial charge in [-0.25, -0.2) is 4.98 Å². The van der Waals surface area contributed by atoms with E-state index in [4.69, 9.17) is 4.98 Å². The Morgan fingerprint density at radius 3 is 2.59 bits per heavy atom. The second kappa shape index (κ2) is 7.85. The van der Waals surface area contributed by atoms with E-state index in [1.807, 2.05) is 25.1 Å². The van der Waals surface area contributed by atoms with Gasteiger partial charge in [-0.15, -0.1) is 0 Å². The van der Waals surface area contributed by atoms with Crippen molar-refractivity contribution in [1.29, 1.82) is 0 Å². The minimum atomic E-state index is 0.0393. The van der Waals surface area contributed by atoms with Gasteiger partial charge >= 0.3 is 0 Å². The summed E-state index contributed by atoms with van der Waals surface area (Å²) >= 11 is 0. The number of piperidine rings is 1. The molecule has 1 N–H and O–H groups in total. The molecule has 5 heteroatoms. The molecular formula is C22H30N4O. The molecule has 2 aliphatic heterocycles. The van der Waals surface area contributed by atoms with E-state index >= 15 is 0 Å². The van der Waals surface area contributed by atoms with Crippen LogP contribution in [0.15, 0.2) is 24.3 Å². The highest BCUT2D eigenvalue weighted by molar-refractivity contribution is 5.94. The number of aryl methyl sites for hydroxylation is 1. The van der Waals surface area contributed by atoms with Crippen LogP contribution in [0.5, 0.6) is 0 Å². The highest BCUT2D eigenvalue weighted by Gasteiger charge is 2.27. The van der Waals surface area contributed by atoms with Crippen LogP contribution in [-0.4, -0.2) is 48.0 Å². The van der Waals surface area contributed by atoms with Gasteiger partial charge in [-0.2, -0.15) is 0 Å². The molecule has 2 fully saturated rings. The van der Waals surface area contributed by atoms with Gasteiger partial charge in [0, 0.05) is 36.6 Å². The lowest BCUT2D eigenvalue weighted by atomic mass is 10.0. The van der Waals surface area contributed by atoms with Gasteiger partial charge in [-0.05, 0) is 75.5 Å². The molecule has 27 heavy (non-hydrogen) atoms. The molecule has 1 aromatic carbocycles. The topological polar surface area (TPSA) is 48.5 Å². The maximum Gasteiger partial charge on any atom is 0.224 e. The molecule has 0 unspecified atom stereocenters. The van der Waals surface area contributed by atoms with Gasteiger partial charge in [-0.1, -0.05) is 6.92 Å². The molecule has 4 rings (SSSR count). The number of aromatic nitrogens is 1. The standard InChI is InChI=1S/C22H30N4O/c1-3-22(27)23-17-6-7-20-19(15-17)16(2)14-21(24-20)26-12-8-18(9-13-26)25-10-4-5-11-25/h6-7,14-15,18H,3-5,8-13H2,1-2H3,(H,23,27). The number of anilines is 2. The number of amides is 1. The number of likely N-dealkylation sites (tertiary alicyclic amines) is 1. The van der Waals surface area contributed by atoms with E-state index in [0.717, 1.165) is 41.5 Å². The molecule has 1 aromatic heterocycles. The number of pyridine rings is 1. The third-order valence-corrected chi connectivity index (χ3v) is 6.05. The summed E-state index contributed by atoms with van der Waals surface area (Å²) in [6.45, 7) is 8.75. The smallest absolute Gasteiger partial charge is 0.224 e. The average molecular weight is 367 g/mol. The van der Waals surface area contributed by atoms with Crippen molar-refractivity contribution in [2.75, 3.05) is 36.4 Å². The molecule has 3 heterocycles. The monoisotopic (exact) mass is 366 g/mol. The predicted molar refractivity (Wildman–Crippen MR) is 111 cm³/mol. The van der Waals surface area contributed by atoms with Crippen molar-refractivity contribution in [1.82, 2.24) is 9.88 Å². The fraction of sp³-hybridized carbons (Fsp3) is 0.545. The summed E-state index contributed by atoms with van der Waals surface area (Å²) in [4.78, 5) is 21.7. The molecule has 144 valence electrons. The second-order valence-electron chi connectivity index (χ2n) is 7.89. The summed E-state index contributed by atoms with van der Waals surface area (Å²) in [7, 11) is 0. The van der Waals surface area contributed by atoms with Gasteiger partial charge in [0.05, 0.1) is 5.52 Å². The summed E-state index contributed by atoms with van der Waals surface area (Å²) < 4.78 is 0. The van der Waals surface area contributed by atoms with Gasteiger partial charge in [0.15, 0.2) is 0 Å². The van der Waals surface area contributed by atoms with E-state index in [1.165, 1.54) is 44.3 Å². The van der Waals surface area contributed by atoms with Gasteiger partial charge in [-0.3, -0.25) is 4.79 Å². The highest BCUT2D eigenvalue weighted by atomic mass is 16.1. The Morgan fingerprint density at radius 1 is 1.15 bits per heavy atom. The lowest BCUT2D eigenvalue weighted by molar-refractivity contribution is -0.115. The highest BCUT2D eigenvalue weighted by Crippen LogP contribution is 2.28. The molecule has 0 bridgehead atoms. The number of nitrogens with one attached hydrogen (secondary N) is 1. The molecular weight excluding hydrogens is 336 g/mol. The number of fused-ring (bicyclic) bond motifs is 1. The van der Waals surface area contributed by atoms with Crippen molar-refractivity contribution in [3.63, 3.8) is 0 Å². The van der Waals surface area contributed by atoms with Crippen molar-refractivity contribution in [2.45, 2.75) is 52.0 Å². The van der Waals surface area contributed by atoms with Crippen LogP contribution in [0.2, 0.25) is 0 Å². The van der Waals surface area contributed by atoms with E-state index < -0.39 is 0 Å². The minimum absolute atomic E-state index is 0.0393. The van der Waals surface area contributed by atoms with E-state index in [9.17, 15) is 4.79 Å². The quantitative estimate of drug-likeness (QED) is 0.890. The number of carbonyl (C=O) groups excluding carboxylic acids is 1. The molecule has 2 aliphatic rings. The molecule has 0 spiro atoms. The summed E-state index contributed by atoms with van der Waals surface area (Å²) in [5.74, 6) is 1.13. The SMILES string of the molecule is CCC(=O)Nc1ccc2nc(N3CCC(N4CCCC4)CC3)cc(C)c2c1. The number of hydrogen-bond acceptors (Lipinski definition) is 4. The zero-order chi connectivity index (χ0) is 18.8. The van der Waals surface area contributed by atoms with Crippen LogP contribution in [0.1, 0.15) is 44.6 Å².